The average molecular weight is 339 g/mol. The van der Waals surface area contributed by atoms with Crippen molar-refractivity contribution < 1.29 is 25.0 Å². The van der Waals surface area contributed by atoms with Crippen molar-refractivity contribution in [3.05, 3.63) is 35.9 Å². The van der Waals surface area contributed by atoms with E-state index >= 15 is 0 Å². The van der Waals surface area contributed by atoms with Crippen LogP contribution in [0.3, 0.4) is 0 Å². The molecule has 24 heavy (non-hydrogen) atoms. The maximum atomic E-state index is 11.0. The fourth-order valence-electron chi connectivity index (χ4n) is 2.29. The lowest BCUT2D eigenvalue weighted by Gasteiger charge is -2.14. The number of rotatable bonds is 8. The summed E-state index contributed by atoms with van der Waals surface area (Å²) in [6.45, 7) is 1.58. The van der Waals surface area contributed by atoms with Crippen molar-refractivity contribution in [2.24, 2.45) is 0 Å². The largest absolute Gasteiger partial charge is 0.480 e. The van der Waals surface area contributed by atoms with Gasteiger partial charge in [-0.2, -0.15) is 0 Å². The van der Waals surface area contributed by atoms with E-state index in [4.69, 9.17) is 15.4 Å². The Kier molecular flexibility index (Phi) is 9.62. The van der Waals surface area contributed by atoms with Gasteiger partial charge in [-0.15, -0.1) is 0 Å². The minimum absolute atomic E-state index is 0.269. The number of carboxylic acids is 2. The molecule has 0 spiro atoms. The predicted molar refractivity (Wildman–Crippen MR) is 88.0 cm³/mol. The van der Waals surface area contributed by atoms with Crippen LogP contribution in [0, 0.1) is 0 Å². The van der Waals surface area contributed by atoms with Gasteiger partial charge in [0.15, 0.2) is 0 Å². The van der Waals surface area contributed by atoms with Crippen LogP contribution in [-0.4, -0.2) is 59.1 Å². The molecule has 2 rings (SSSR count). The Hall–Kier alpha value is -2.00. The second kappa shape index (κ2) is 11.5. The number of hydrogen-bond acceptors (Lipinski definition) is 6. The summed E-state index contributed by atoms with van der Waals surface area (Å²) in [6, 6.07) is 8.53. The summed E-state index contributed by atoms with van der Waals surface area (Å²) < 4.78 is 0. The molecule has 8 nitrogen and oxygen atoms in total. The summed E-state index contributed by atoms with van der Waals surface area (Å²) in [5, 5.41) is 31.4. The van der Waals surface area contributed by atoms with Gasteiger partial charge in [0, 0.05) is 13.1 Å². The number of hydroxylamine groups is 1. The van der Waals surface area contributed by atoms with E-state index in [2.05, 4.69) is 10.6 Å². The Balaban J connectivity index is 0.000000300. The molecule has 2 atom stereocenters. The number of nitrogens with one attached hydrogen (secondary N) is 3. The molecule has 6 N–H and O–H groups in total. The van der Waals surface area contributed by atoms with E-state index in [0.717, 1.165) is 24.9 Å². The van der Waals surface area contributed by atoms with Crippen LogP contribution < -0.4 is 16.1 Å². The third-order valence-electron chi connectivity index (χ3n) is 3.57. The van der Waals surface area contributed by atoms with E-state index in [0.29, 0.717) is 19.5 Å². The van der Waals surface area contributed by atoms with Crippen LogP contribution in [0.5, 0.6) is 0 Å². The Labute approximate surface area is 140 Å². The highest BCUT2D eigenvalue weighted by Gasteiger charge is 2.20. The van der Waals surface area contributed by atoms with E-state index in [1.165, 1.54) is 0 Å². The Bertz CT molecular complexity index is 492. The fraction of sp³-hybridized carbons (Fsp3) is 0.500. The number of carboxylic acid groups (broad SMARTS) is 2. The van der Waals surface area contributed by atoms with Crippen LogP contribution in [0.4, 0.5) is 0 Å². The van der Waals surface area contributed by atoms with Crippen molar-refractivity contribution in [2.45, 2.75) is 31.3 Å². The first kappa shape index (κ1) is 20.0. The molecule has 1 fully saturated rings. The molecule has 0 saturated carbocycles. The topological polar surface area (TPSA) is 131 Å². The lowest BCUT2D eigenvalue weighted by atomic mass is 10.1. The molecule has 134 valence electrons. The van der Waals surface area contributed by atoms with Gasteiger partial charge in [-0.1, -0.05) is 30.3 Å². The molecule has 1 aromatic carbocycles. The first-order chi connectivity index (χ1) is 11.5. The predicted octanol–water partition coefficient (Wildman–Crippen LogP) is 0.0737. The number of aliphatic carboxylic acids is 2. The van der Waals surface area contributed by atoms with Crippen LogP contribution >= 0.6 is 0 Å². The molecular weight excluding hydrogens is 314 g/mol. The highest BCUT2D eigenvalue weighted by Crippen LogP contribution is 2.04. The summed E-state index contributed by atoms with van der Waals surface area (Å²) in [6.07, 6.45) is 2.22. The zero-order valence-electron chi connectivity index (χ0n) is 13.4. The summed E-state index contributed by atoms with van der Waals surface area (Å²) >= 11 is 0. The van der Waals surface area contributed by atoms with E-state index in [1.807, 2.05) is 35.8 Å². The average Bonchev–Trinajstić information content (AvgIpc) is 3.10. The Morgan fingerprint density at radius 2 is 1.92 bits per heavy atom. The zero-order chi connectivity index (χ0) is 17.8. The monoisotopic (exact) mass is 339 g/mol. The molecule has 0 unspecified atom stereocenters. The summed E-state index contributed by atoms with van der Waals surface area (Å²) in [4.78, 5) is 21.1. The second-order valence-electron chi connectivity index (χ2n) is 5.43. The lowest BCUT2D eigenvalue weighted by molar-refractivity contribution is -0.140. The highest BCUT2D eigenvalue weighted by atomic mass is 16.5. The number of benzene rings is 1. The van der Waals surface area contributed by atoms with Gasteiger partial charge in [0.05, 0.1) is 0 Å². The maximum absolute atomic E-state index is 11.0. The normalized spacial score (nSPS) is 17.6. The van der Waals surface area contributed by atoms with Gasteiger partial charge in [0.2, 0.25) is 0 Å². The van der Waals surface area contributed by atoms with Gasteiger partial charge in [0.25, 0.3) is 0 Å². The van der Waals surface area contributed by atoms with Crippen molar-refractivity contribution in [2.75, 3.05) is 19.6 Å². The fourth-order valence-corrected chi connectivity index (χ4v) is 2.29. The molecule has 1 saturated heterocycles. The van der Waals surface area contributed by atoms with E-state index in [9.17, 15) is 9.59 Å². The molecule has 1 aliphatic heterocycles. The maximum Gasteiger partial charge on any atom is 0.321 e. The molecule has 0 radical (unpaired) electrons. The van der Waals surface area contributed by atoms with Crippen LogP contribution in [0.25, 0.3) is 0 Å². The third-order valence-corrected chi connectivity index (χ3v) is 3.57. The van der Waals surface area contributed by atoms with Gasteiger partial charge in [0.1, 0.15) is 12.1 Å². The van der Waals surface area contributed by atoms with Crippen molar-refractivity contribution in [3.63, 3.8) is 0 Å². The van der Waals surface area contributed by atoms with E-state index < -0.39 is 18.0 Å². The highest BCUT2D eigenvalue weighted by molar-refractivity contribution is 5.74. The van der Waals surface area contributed by atoms with Crippen molar-refractivity contribution >= 4 is 11.9 Å². The first-order valence-electron chi connectivity index (χ1n) is 7.88. The molecule has 0 amide bonds. The number of carbonyl (C=O) groups is 2. The number of hydrogen-bond donors (Lipinski definition) is 6. The van der Waals surface area contributed by atoms with Crippen LogP contribution in [0.2, 0.25) is 0 Å². The molecular formula is C16H25N3O5. The molecule has 0 bridgehead atoms. The zero-order valence-corrected chi connectivity index (χ0v) is 13.4. The quantitative estimate of drug-likeness (QED) is 0.290. The Morgan fingerprint density at radius 3 is 2.38 bits per heavy atom. The van der Waals surface area contributed by atoms with Crippen molar-refractivity contribution in [1.82, 2.24) is 16.1 Å². The minimum atomic E-state index is -0.887. The van der Waals surface area contributed by atoms with Gasteiger partial charge in [-0.05, 0) is 31.4 Å². The smallest absolute Gasteiger partial charge is 0.321 e. The molecule has 1 aromatic rings. The first-order valence-corrected chi connectivity index (χ1v) is 7.88. The summed E-state index contributed by atoms with van der Waals surface area (Å²) in [5.74, 6) is -1.61. The van der Waals surface area contributed by atoms with Crippen LogP contribution in [0.15, 0.2) is 30.3 Å². The molecule has 1 aliphatic rings. The van der Waals surface area contributed by atoms with Crippen molar-refractivity contribution in [1.29, 1.82) is 0 Å². The second-order valence-corrected chi connectivity index (χ2v) is 5.43. The minimum Gasteiger partial charge on any atom is -0.480 e. The van der Waals surface area contributed by atoms with Gasteiger partial charge in [-0.25, -0.2) is 5.48 Å². The third kappa shape index (κ3) is 8.02. The lowest BCUT2D eigenvalue weighted by Crippen LogP contribution is -2.41. The van der Waals surface area contributed by atoms with Crippen LogP contribution in [0.1, 0.15) is 18.4 Å². The molecule has 0 aromatic heterocycles. The van der Waals surface area contributed by atoms with Gasteiger partial charge < -0.3 is 26.1 Å². The molecule has 0 aliphatic carbocycles. The Morgan fingerprint density at radius 1 is 1.21 bits per heavy atom. The van der Waals surface area contributed by atoms with Gasteiger partial charge >= 0.3 is 11.9 Å². The SMILES string of the molecule is O=C(O)[C@@H]1CCCN1.O=C(O)[C@H](Cc1ccccc1)NCCNO. The standard InChI is InChI=1S/C11H16N2O3.C5H9NO2/c14-11(15)10(12-6-7-13-16)8-9-4-2-1-3-5-9;7-5(8)4-2-1-3-6-4/h1-5,10,12-13,16H,6-8H2,(H,14,15);4,6H,1-3H2,(H,7,8)/t10-;4-/m00/s1. The molecule has 8 heteroatoms. The van der Waals surface area contributed by atoms with Crippen molar-refractivity contribution in [3.8, 4) is 0 Å². The van der Waals surface area contributed by atoms with Crippen LogP contribution in [-0.2, 0) is 16.0 Å². The summed E-state index contributed by atoms with van der Waals surface area (Å²) in [5.41, 5.74) is 2.94. The van der Waals surface area contributed by atoms with E-state index in [-0.39, 0.29) is 6.04 Å². The van der Waals surface area contributed by atoms with Gasteiger partial charge in [-0.3, -0.25) is 9.59 Å². The van der Waals surface area contributed by atoms with E-state index in [1.54, 1.807) is 0 Å². The summed E-state index contributed by atoms with van der Waals surface area (Å²) in [7, 11) is 0. The molecule has 1 heterocycles.